The van der Waals surface area contributed by atoms with E-state index in [2.05, 4.69) is 5.32 Å². The molecule has 5 rings (SSSR count). The van der Waals surface area contributed by atoms with Gasteiger partial charge in [-0.1, -0.05) is 54.4 Å². The van der Waals surface area contributed by atoms with Crippen molar-refractivity contribution in [3.63, 3.8) is 0 Å². The third-order valence-corrected chi connectivity index (χ3v) is 9.65. The lowest BCUT2D eigenvalue weighted by atomic mass is 9.94. The van der Waals surface area contributed by atoms with Gasteiger partial charge in [0.15, 0.2) is 21.9 Å². The summed E-state index contributed by atoms with van der Waals surface area (Å²) in [6, 6.07) is 16.3. The van der Waals surface area contributed by atoms with Gasteiger partial charge in [-0.15, -0.1) is 0 Å². The van der Waals surface area contributed by atoms with Crippen molar-refractivity contribution in [3.8, 4) is 0 Å². The highest BCUT2D eigenvalue weighted by molar-refractivity contribution is 7.92. The third-order valence-electron chi connectivity index (χ3n) is 7.45. The first kappa shape index (κ1) is 24.9. The van der Waals surface area contributed by atoms with Crippen molar-refractivity contribution in [2.24, 2.45) is 0 Å². The lowest BCUT2D eigenvalue weighted by Gasteiger charge is -2.33. The molecule has 0 bridgehead atoms. The smallest absolute Gasteiger partial charge is 0.185 e. The second kappa shape index (κ2) is 10.3. The molecule has 2 aliphatic heterocycles. The molecule has 0 aromatic heterocycles. The number of ether oxygens (including phenoxy) is 4. The van der Waals surface area contributed by atoms with E-state index in [9.17, 15) is 8.42 Å². The summed E-state index contributed by atoms with van der Waals surface area (Å²) in [7, 11) is -2.23. The van der Waals surface area contributed by atoms with Crippen molar-refractivity contribution in [1.82, 2.24) is 5.32 Å². The maximum absolute atomic E-state index is 14.1. The zero-order valence-electron chi connectivity index (χ0n) is 20.4. The highest BCUT2D eigenvalue weighted by Crippen LogP contribution is 2.42. The molecule has 0 radical (unpaired) electrons. The first-order chi connectivity index (χ1) is 16.9. The second-order valence-corrected chi connectivity index (χ2v) is 12.0. The minimum atomic E-state index is -3.78. The summed E-state index contributed by atoms with van der Waals surface area (Å²) < 4.78 is 52.8. The van der Waals surface area contributed by atoms with Gasteiger partial charge < -0.3 is 24.3 Å². The molecule has 35 heavy (non-hydrogen) atoms. The molecule has 2 aromatic carbocycles. The zero-order valence-corrected chi connectivity index (χ0v) is 21.2. The molecule has 1 aliphatic carbocycles. The fourth-order valence-electron chi connectivity index (χ4n) is 5.57. The average Bonchev–Trinajstić information content (AvgIpc) is 3.46. The van der Waals surface area contributed by atoms with Crippen LogP contribution >= 0.6 is 0 Å². The molecular weight excluding hydrogens is 466 g/mol. The number of hydrogen-bond acceptors (Lipinski definition) is 7. The van der Waals surface area contributed by atoms with Gasteiger partial charge in [-0.2, -0.15) is 0 Å². The van der Waals surface area contributed by atoms with Gasteiger partial charge in [0, 0.05) is 26.5 Å². The van der Waals surface area contributed by atoms with Gasteiger partial charge in [0.1, 0.15) is 17.5 Å². The monoisotopic (exact) mass is 501 g/mol. The Bertz CT molecular complexity index is 1080. The lowest BCUT2D eigenvalue weighted by Crippen LogP contribution is -2.51. The van der Waals surface area contributed by atoms with Gasteiger partial charge in [0.05, 0.1) is 17.5 Å². The summed E-state index contributed by atoms with van der Waals surface area (Å²) in [6.45, 7) is 2.75. The summed E-state index contributed by atoms with van der Waals surface area (Å²) in [4.78, 5) is 0.274. The largest absolute Gasteiger partial charge is 0.354 e. The molecule has 2 heterocycles. The lowest BCUT2D eigenvalue weighted by molar-refractivity contribution is -0.206. The molecular formula is C27H35NO6S. The quantitative estimate of drug-likeness (QED) is 0.619. The van der Waals surface area contributed by atoms with Crippen LogP contribution in [0.3, 0.4) is 0 Å². The maximum atomic E-state index is 14.1. The first-order valence-electron chi connectivity index (χ1n) is 12.5. The van der Waals surface area contributed by atoms with Crippen LogP contribution in [0.2, 0.25) is 0 Å². The Morgan fingerprint density at radius 1 is 1.03 bits per heavy atom. The molecule has 2 aromatic rings. The first-order valence-corrected chi connectivity index (χ1v) is 14.0. The van der Waals surface area contributed by atoms with Crippen LogP contribution in [-0.2, 0) is 35.3 Å². The number of rotatable bonds is 7. The minimum Gasteiger partial charge on any atom is -0.354 e. The van der Waals surface area contributed by atoms with Crippen LogP contribution in [0.5, 0.6) is 0 Å². The van der Waals surface area contributed by atoms with Crippen LogP contribution < -0.4 is 5.32 Å². The summed E-state index contributed by atoms with van der Waals surface area (Å²) in [5.74, 6) is -0.622. The molecule has 190 valence electrons. The summed E-state index contributed by atoms with van der Waals surface area (Å²) >= 11 is 0. The minimum absolute atomic E-state index is 0.274. The van der Waals surface area contributed by atoms with E-state index < -0.39 is 45.4 Å². The van der Waals surface area contributed by atoms with Gasteiger partial charge in [-0.3, -0.25) is 0 Å². The summed E-state index contributed by atoms with van der Waals surface area (Å²) in [5, 5.41) is 2.54. The second-order valence-electron chi connectivity index (χ2n) is 9.86. The highest BCUT2D eigenvalue weighted by Gasteiger charge is 2.58. The summed E-state index contributed by atoms with van der Waals surface area (Å²) in [6.07, 6.45) is 2.97. The van der Waals surface area contributed by atoms with Gasteiger partial charge in [-0.05, 0) is 37.5 Å². The molecule has 7 nitrogen and oxygen atoms in total. The van der Waals surface area contributed by atoms with Gasteiger partial charge in [0.2, 0.25) is 0 Å². The topological polar surface area (TPSA) is 83.1 Å². The Kier molecular flexibility index (Phi) is 7.30. The number of sulfone groups is 1. The number of benzene rings is 2. The molecule has 2 saturated heterocycles. The fraction of sp³-hybridized carbons (Fsp3) is 0.556. The highest BCUT2D eigenvalue weighted by atomic mass is 32.2. The van der Waals surface area contributed by atoms with E-state index in [1.165, 1.54) is 6.42 Å². The Morgan fingerprint density at radius 3 is 2.43 bits per heavy atom. The maximum Gasteiger partial charge on any atom is 0.185 e. The van der Waals surface area contributed by atoms with E-state index >= 15 is 0 Å². The Balaban J connectivity index is 1.46. The van der Waals surface area contributed by atoms with E-state index in [0.717, 1.165) is 36.8 Å². The van der Waals surface area contributed by atoms with E-state index in [-0.39, 0.29) is 4.90 Å². The molecule has 1 spiro atoms. The van der Waals surface area contributed by atoms with Crippen molar-refractivity contribution in [2.75, 3.05) is 13.7 Å². The van der Waals surface area contributed by atoms with Gasteiger partial charge >= 0.3 is 0 Å². The molecule has 5 atom stereocenters. The normalized spacial score (nSPS) is 30.6. The Labute approximate surface area is 208 Å². The molecule has 8 heteroatoms. The number of hydrogen-bond donors (Lipinski definition) is 1. The predicted octanol–water partition coefficient (Wildman–Crippen LogP) is 3.74. The number of nitrogens with one attached hydrogen (secondary N) is 1. The van der Waals surface area contributed by atoms with Crippen LogP contribution in [-0.4, -0.2) is 57.7 Å². The van der Waals surface area contributed by atoms with Crippen molar-refractivity contribution >= 4 is 9.84 Å². The van der Waals surface area contributed by atoms with E-state index in [1.54, 1.807) is 19.2 Å². The van der Waals surface area contributed by atoms with Crippen LogP contribution in [0.25, 0.3) is 0 Å². The van der Waals surface area contributed by atoms with Gasteiger partial charge in [0.25, 0.3) is 0 Å². The van der Waals surface area contributed by atoms with Crippen molar-refractivity contribution in [2.45, 2.75) is 86.0 Å². The van der Waals surface area contributed by atoms with E-state index in [4.69, 9.17) is 18.9 Å². The fourth-order valence-corrected chi connectivity index (χ4v) is 7.60. The average molecular weight is 502 g/mol. The number of aryl methyl sites for hydroxylation is 1. The summed E-state index contributed by atoms with van der Waals surface area (Å²) in [5.41, 5.74) is 2.06. The van der Waals surface area contributed by atoms with Crippen LogP contribution in [0.1, 0.15) is 43.2 Å². The Hall–Kier alpha value is -1.81. The Morgan fingerprint density at radius 2 is 1.74 bits per heavy atom. The predicted molar refractivity (Wildman–Crippen MR) is 132 cm³/mol. The van der Waals surface area contributed by atoms with E-state index in [0.29, 0.717) is 13.2 Å². The van der Waals surface area contributed by atoms with Gasteiger partial charge in [-0.25, -0.2) is 8.42 Å². The standard InChI is InChI=1S/C27H35NO6S/c1-19-11-13-21(14-12-19)35(29,30)25-23(28-17-20-9-5-3-6-10-20)26(31-2)33-24(25)22-18-32-27(34-22)15-7-4-8-16-27/h3,5-6,9-14,22-26,28H,4,7-8,15-18H2,1-2H3/t22-,23-,24-,25-,26-/m1/s1. The molecule has 0 amide bonds. The number of methoxy groups -OCH3 is 1. The van der Waals surface area contributed by atoms with Crippen molar-refractivity contribution in [1.29, 1.82) is 0 Å². The molecule has 0 unspecified atom stereocenters. The molecule has 3 aliphatic rings. The SMILES string of the molecule is CO[C@@H]1O[C@H]([C@H]2COC3(CCCCC3)O2)[C@H](S(=O)(=O)c2ccc(C)cc2)[C@H]1NCc1ccccc1. The van der Waals surface area contributed by atoms with Crippen LogP contribution in [0.15, 0.2) is 59.5 Å². The van der Waals surface area contributed by atoms with Crippen molar-refractivity contribution in [3.05, 3.63) is 65.7 Å². The zero-order chi connectivity index (χ0) is 24.5. The third kappa shape index (κ3) is 5.05. The van der Waals surface area contributed by atoms with E-state index in [1.807, 2.05) is 49.4 Å². The molecule has 1 saturated carbocycles. The van der Waals surface area contributed by atoms with Crippen LogP contribution in [0.4, 0.5) is 0 Å². The van der Waals surface area contributed by atoms with Crippen molar-refractivity contribution < 1.29 is 27.4 Å². The molecule has 1 N–H and O–H groups in total. The van der Waals surface area contributed by atoms with Crippen LogP contribution in [0, 0.1) is 6.92 Å². The molecule has 3 fully saturated rings.